The molecule has 0 saturated carbocycles. The fraction of sp³-hybridized carbons (Fsp3) is 0.600. The van der Waals surface area contributed by atoms with Gasteiger partial charge in [0.15, 0.2) is 0 Å². The summed E-state index contributed by atoms with van der Waals surface area (Å²) in [4.78, 5) is 0. The third-order valence-electron chi connectivity index (χ3n) is 4.54. The summed E-state index contributed by atoms with van der Waals surface area (Å²) < 4.78 is 0. The Morgan fingerprint density at radius 1 is 0.882 bits per heavy atom. The first-order valence-electron chi connectivity index (χ1n) is 6.89. The molecule has 0 unspecified atom stereocenters. The van der Waals surface area contributed by atoms with Crippen LogP contribution in [0.2, 0.25) is 38.3 Å². The molecule has 0 amide bonds. The van der Waals surface area contributed by atoms with Crippen molar-refractivity contribution in [2.24, 2.45) is 0 Å². The summed E-state index contributed by atoms with van der Waals surface area (Å²) in [5, 5.41) is 3.55. The van der Waals surface area contributed by atoms with Gasteiger partial charge in [0.05, 0.1) is 16.1 Å². The fourth-order valence-corrected chi connectivity index (χ4v) is 13.2. The predicted molar refractivity (Wildman–Crippen MR) is 84.4 cm³/mol. The second kappa shape index (κ2) is 4.09. The summed E-state index contributed by atoms with van der Waals surface area (Å²) in [6, 6.07) is 10.4. The standard InChI is InChI=1S/C15H26Si2/c1-12(2)13-7-8-14-15(11-13)17(5,6)10-9-16(14,3)4/h7-8,11-12H,9-10H2,1-6H3. The van der Waals surface area contributed by atoms with E-state index in [-0.39, 0.29) is 0 Å². The molecule has 0 spiro atoms. The van der Waals surface area contributed by atoms with Gasteiger partial charge in [0.1, 0.15) is 0 Å². The van der Waals surface area contributed by atoms with E-state index in [0.29, 0.717) is 5.92 Å². The molecule has 0 radical (unpaired) electrons. The summed E-state index contributed by atoms with van der Waals surface area (Å²) in [5.41, 5.74) is 1.54. The van der Waals surface area contributed by atoms with Gasteiger partial charge in [-0.15, -0.1) is 0 Å². The summed E-state index contributed by atoms with van der Waals surface area (Å²) in [6.07, 6.45) is 0. The van der Waals surface area contributed by atoms with Gasteiger partial charge in [0, 0.05) is 0 Å². The molecule has 94 valence electrons. The Hall–Kier alpha value is -0.346. The maximum atomic E-state index is 2.56. The molecular weight excluding hydrogens is 236 g/mol. The molecule has 17 heavy (non-hydrogen) atoms. The highest BCUT2D eigenvalue weighted by molar-refractivity contribution is 7.03. The molecule has 0 N–H and O–H groups in total. The van der Waals surface area contributed by atoms with Crippen LogP contribution in [0.5, 0.6) is 0 Å². The van der Waals surface area contributed by atoms with Crippen molar-refractivity contribution in [3.05, 3.63) is 23.8 Å². The van der Waals surface area contributed by atoms with Crippen molar-refractivity contribution in [3.63, 3.8) is 0 Å². The van der Waals surface area contributed by atoms with Crippen LogP contribution in [0.3, 0.4) is 0 Å². The van der Waals surface area contributed by atoms with Gasteiger partial charge in [-0.3, -0.25) is 0 Å². The average molecular weight is 263 g/mol. The predicted octanol–water partition coefficient (Wildman–Crippen LogP) is 3.65. The zero-order valence-electron chi connectivity index (χ0n) is 12.2. The maximum Gasteiger partial charge on any atom is 0.0802 e. The average Bonchev–Trinajstić information content (AvgIpc) is 2.24. The smallest absolute Gasteiger partial charge is 0.0654 e. The minimum absolute atomic E-state index is 0.664. The summed E-state index contributed by atoms with van der Waals surface area (Å²) in [6.45, 7) is 14.8. The first-order chi connectivity index (χ1) is 7.74. The molecule has 0 nitrogen and oxygen atoms in total. The topological polar surface area (TPSA) is 0 Å². The Labute approximate surface area is 108 Å². The Bertz CT molecular complexity index is 431. The first kappa shape index (κ1) is 13.1. The minimum atomic E-state index is -1.14. The van der Waals surface area contributed by atoms with Gasteiger partial charge in [-0.25, -0.2) is 0 Å². The normalized spacial score (nSPS) is 21.4. The van der Waals surface area contributed by atoms with E-state index in [1.165, 1.54) is 17.7 Å². The fourth-order valence-electron chi connectivity index (χ4n) is 2.97. The zero-order chi connectivity index (χ0) is 12.8. The molecule has 1 aliphatic rings. The number of benzene rings is 1. The Morgan fingerprint density at radius 3 is 1.94 bits per heavy atom. The van der Waals surface area contributed by atoms with E-state index in [9.17, 15) is 0 Å². The van der Waals surface area contributed by atoms with Crippen LogP contribution in [0.15, 0.2) is 18.2 Å². The summed E-state index contributed by atoms with van der Waals surface area (Å²) in [5.74, 6) is 0.664. The molecule has 2 rings (SSSR count). The van der Waals surface area contributed by atoms with E-state index < -0.39 is 16.1 Å². The quantitative estimate of drug-likeness (QED) is 0.678. The van der Waals surface area contributed by atoms with Crippen molar-refractivity contribution in [2.45, 2.75) is 58.0 Å². The zero-order valence-corrected chi connectivity index (χ0v) is 14.2. The number of hydrogen-bond acceptors (Lipinski definition) is 0. The van der Waals surface area contributed by atoms with Gasteiger partial charge in [-0.05, 0) is 11.5 Å². The van der Waals surface area contributed by atoms with E-state index in [2.05, 4.69) is 58.2 Å². The lowest BCUT2D eigenvalue weighted by molar-refractivity contribution is 0.868. The van der Waals surface area contributed by atoms with E-state index in [0.717, 1.165) is 0 Å². The highest BCUT2D eigenvalue weighted by Crippen LogP contribution is 2.26. The largest absolute Gasteiger partial charge is 0.0802 e. The van der Waals surface area contributed by atoms with Gasteiger partial charge < -0.3 is 0 Å². The van der Waals surface area contributed by atoms with E-state index in [1.54, 1.807) is 10.4 Å². The van der Waals surface area contributed by atoms with Crippen molar-refractivity contribution in [3.8, 4) is 0 Å². The van der Waals surface area contributed by atoms with Crippen molar-refractivity contribution < 1.29 is 0 Å². The van der Waals surface area contributed by atoms with Crippen molar-refractivity contribution >= 4 is 26.5 Å². The van der Waals surface area contributed by atoms with Gasteiger partial charge in [-0.2, -0.15) is 0 Å². The lowest BCUT2D eigenvalue weighted by Gasteiger charge is -2.40. The van der Waals surface area contributed by atoms with Crippen LogP contribution >= 0.6 is 0 Å². The summed E-state index contributed by atoms with van der Waals surface area (Å²) >= 11 is 0. The SMILES string of the molecule is CC(C)c1ccc2c(c1)[Si](C)(C)CC[Si]2(C)C. The van der Waals surface area contributed by atoms with E-state index in [4.69, 9.17) is 0 Å². The van der Waals surface area contributed by atoms with Crippen LogP contribution in [0.1, 0.15) is 25.3 Å². The lowest BCUT2D eigenvalue weighted by atomic mass is 10.0. The molecule has 0 bridgehead atoms. The third kappa shape index (κ3) is 2.30. The molecular formula is C15H26Si2. The first-order valence-corrected chi connectivity index (χ1v) is 13.3. The third-order valence-corrected chi connectivity index (χ3v) is 12.1. The monoisotopic (exact) mass is 262 g/mol. The van der Waals surface area contributed by atoms with Gasteiger partial charge in [0.25, 0.3) is 0 Å². The van der Waals surface area contributed by atoms with E-state index >= 15 is 0 Å². The Balaban J connectivity index is 2.60. The molecule has 0 fully saturated rings. The number of fused-ring (bicyclic) bond motifs is 1. The van der Waals surface area contributed by atoms with Crippen molar-refractivity contribution in [1.29, 1.82) is 0 Å². The highest BCUT2D eigenvalue weighted by atomic mass is 28.3. The van der Waals surface area contributed by atoms with Crippen LogP contribution in [0.25, 0.3) is 0 Å². The maximum absolute atomic E-state index is 2.56. The van der Waals surface area contributed by atoms with Crippen molar-refractivity contribution in [1.82, 2.24) is 0 Å². The number of hydrogen-bond donors (Lipinski definition) is 0. The molecule has 0 aromatic heterocycles. The molecule has 1 heterocycles. The molecule has 2 heteroatoms. The second-order valence-corrected chi connectivity index (χ2v) is 16.8. The molecule has 1 aliphatic heterocycles. The Kier molecular flexibility index (Phi) is 3.15. The van der Waals surface area contributed by atoms with E-state index in [1.807, 2.05) is 0 Å². The number of rotatable bonds is 1. The molecule has 1 aromatic rings. The van der Waals surface area contributed by atoms with Gasteiger partial charge >= 0.3 is 0 Å². The van der Waals surface area contributed by atoms with Crippen LogP contribution in [-0.4, -0.2) is 16.1 Å². The van der Waals surface area contributed by atoms with Crippen LogP contribution < -0.4 is 10.4 Å². The van der Waals surface area contributed by atoms with Crippen LogP contribution in [0.4, 0.5) is 0 Å². The van der Waals surface area contributed by atoms with Crippen molar-refractivity contribution in [2.75, 3.05) is 0 Å². The summed E-state index contributed by atoms with van der Waals surface area (Å²) in [7, 11) is -2.27. The second-order valence-electron chi connectivity index (χ2n) is 7.23. The minimum Gasteiger partial charge on any atom is -0.0654 e. The molecule has 1 aromatic carbocycles. The lowest BCUT2D eigenvalue weighted by Crippen LogP contribution is -2.63. The molecule has 0 saturated heterocycles. The van der Waals surface area contributed by atoms with Crippen LogP contribution in [0, 0.1) is 0 Å². The van der Waals surface area contributed by atoms with Gasteiger partial charge in [0.2, 0.25) is 0 Å². The molecule has 0 atom stereocenters. The van der Waals surface area contributed by atoms with Gasteiger partial charge in [-0.1, -0.05) is 80.7 Å². The molecule has 0 aliphatic carbocycles. The van der Waals surface area contributed by atoms with Crippen LogP contribution in [-0.2, 0) is 0 Å². The Morgan fingerprint density at radius 2 is 1.41 bits per heavy atom. The highest BCUT2D eigenvalue weighted by Gasteiger charge is 2.39.